The first kappa shape index (κ1) is 21.1. The maximum absolute atomic E-state index is 12.9. The summed E-state index contributed by atoms with van der Waals surface area (Å²) in [7, 11) is 0. The lowest BCUT2D eigenvalue weighted by Gasteiger charge is -2.28. The molecule has 2 saturated heterocycles. The van der Waals surface area contributed by atoms with Crippen molar-refractivity contribution in [2.24, 2.45) is 11.7 Å². The molecule has 0 bridgehead atoms. The lowest BCUT2D eigenvalue weighted by Crippen LogP contribution is -2.47. The number of rotatable bonds is 4. The molecule has 148 valence electrons. The zero-order chi connectivity index (χ0) is 18.8. The summed E-state index contributed by atoms with van der Waals surface area (Å²) in [5.41, 5.74) is 6.51. The monoisotopic (exact) mass is 396 g/mol. The van der Waals surface area contributed by atoms with Gasteiger partial charge in [-0.3, -0.25) is 19.7 Å². The molecule has 1 aromatic rings. The van der Waals surface area contributed by atoms with E-state index >= 15 is 0 Å². The number of hydrogen-bond acceptors (Lipinski definition) is 5. The Hall–Kier alpha value is -2.19. The Morgan fingerprint density at radius 1 is 1.30 bits per heavy atom. The van der Waals surface area contributed by atoms with E-state index in [1.165, 1.54) is 18.2 Å². The molecule has 3 rings (SSSR count). The molecule has 8 nitrogen and oxygen atoms in total. The van der Waals surface area contributed by atoms with Crippen molar-refractivity contribution in [1.82, 2.24) is 9.80 Å². The number of likely N-dealkylation sites (tertiary alicyclic amines) is 2. The van der Waals surface area contributed by atoms with Gasteiger partial charge < -0.3 is 15.5 Å². The number of nitrogens with zero attached hydrogens (tertiary/aromatic N) is 3. The van der Waals surface area contributed by atoms with E-state index in [1.54, 1.807) is 11.8 Å². The van der Waals surface area contributed by atoms with Crippen LogP contribution in [0.3, 0.4) is 0 Å². The molecule has 0 radical (unpaired) electrons. The van der Waals surface area contributed by atoms with Crippen molar-refractivity contribution in [1.29, 1.82) is 0 Å². The number of nitro groups is 1. The molecule has 0 saturated carbocycles. The number of carbonyl (C=O) groups excluding carboxylic acids is 2. The smallest absolute Gasteiger partial charge is 0.272 e. The molecule has 2 aliphatic rings. The van der Waals surface area contributed by atoms with Crippen molar-refractivity contribution in [3.63, 3.8) is 0 Å². The van der Waals surface area contributed by atoms with Crippen molar-refractivity contribution in [2.45, 2.75) is 32.2 Å². The normalized spacial score (nSPS) is 21.9. The molecule has 2 atom stereocenters. The van der Waals surface area contributed by atoms with Crippen molar-refractivity contribution in [2.75, 3.05) is 26.2 Å². The Morgan fingerprint density at radius 2 is 2.04 bits per heavy atom. The molecule has 0 aromatic heterocycles. The zero-order valence-corrected chi connectivity index (χ0v) is 16.1. The van der Waals surface area contributed by atoms with Gasteiger partial charge >= 0.3 is 0 Å². The van der Waals surface area contributed by atoms with E-state index in [9.17, 15) is 19.7 Å². The third kappa shape index (κ3) is 4.22. The second kappa shape index (κ2) is 8.67. The lowest BCUT2D eigenvalue weighted by atomic mass is 10.1. The number of benzene rings is 1. The SMILES string of the molecule is Cc1cc(C(=O)N2CCCC2C(=O)N2CCC(CN)C2)ccc1[N+](=O)[O-].Cl. The highest BCUT2D eigenvalue weighted by molar-refractivity contribution is 5.98. The predicted octanol–water partition coefficient (Wildman–Crippen LogP) is 1.74. The number of amides is 2. The molecule has 2 aliphatic heterocycles. The first-order valence-corrected chi connectivity index (χ1v) is 8.97. The molecular formula is C18H25ClN4O4. The van der Waals surface area contributed by atoms with Crippen molar-refractivity contribution in [3.05, 3.63) is 39.4 Å². The minimum absolute atomic E-state index is 0. The molecule has 2 fully saturated rings. The van der Waals surface area contributed by atoms with Gasteiger partial charge in [-0.05, 0) is 50.8 Å². The molecule has 9 heteroatoms. The van der Waals surface area contributed by atoms with Crippen LogP contribution >= 0.6 is 12.4 Å². The standard InChI is InChI=1S/C18H24N4O4.ClH/c1-12-9-14(4-5-15(12)22(25)26)17(23)21-7-2-3-16(21)18(24)20-8-6-13(10-19)11-20;/h4-5,9,13,16H,2-3,6-8,10-11,19H2,1H3;1H. The third-order valence-corrected chi connectivity index (χ3v) is 5.37. The van der Waals surface area contributed by atoms with Crippen molar-refractivity contribution in [3.8, 4) is 0 Å². The van der Waals surface area contributed by atoms with Crippen LogP contribution < -0.4 is 5.73 Å². The fourth-order valence-corrected chi connectivity index (χ4v) is 3.86. The van der Waals surface area contributed by atoms with Crippen LogP contribution in [0.15, 0.2) is 18.2 Å². The van der Waals surface area contributed by atoms with Gasteiger partial charge in [0, 0.05) is 36.8 Å². The van der Waals surface area contributed by atoms with Crippen LogP contribution in [-0.4, -0.2) is 58.8 Å². The summed E-state index contributed by atoms with van der Waals surface area (Å²) in [5.74, 6) is 0.0840. The first-order chi connectivity index (χ1) is 12.4. The average molecular weight is 397 g/mol. The Morgan fingerprint density at radius 3 is 2.63 bits per heavy atom. The fraction of sp³-hybridized carbons (Fsp3) is 0.556. The molecule has 2 N–H and O–H groups in total. The fourth-order valence-electron chi connectivity index (χ4n) is 3.86. The molecule has 2 amide bonds. The van der Waals surface area contributed by atoms with Crippen LogP contribution in [0.25, 0.3) is 0 Å². The van der Waals surface area contributed by atoms with Gasteiger partial charge in [0.2, 0.25) is 5.91 Å². The quantitative estimate of drug-likeness (QED) is 0.615. The number of halogens is 1. The van der Waals surface area contributed by atoms with E-state index in [4.69, 9.17) is 5.73 Å². The first-order valence-electron chi connectivity index (χ1n) is 8.97. The van der Waals surface area contributed by atoms with Crippen LogP contribution in [0.2, 0.25) is 0 Å². The summed E-state index contributed by atoms with van der Waals surface area (Å²) in [6.45, 7) is 4.05. The highest BCUT2D eigenvalue weighted by Gasteiger charge is 2.38. The zero-order valence-electron chi connectivity index (χ0n) is 15.3. The highest BCUT2D eigenvalue weighted by atomic mass is 35.5. The summed E-state index contributed by atoms with van der Waals surface area (Å²) < 4.78 is 0. The van der Waals surface area contributed by atoms with Gasteiger partial charge in [-0.15, -0.1) is 12.4 Å². The van der Waals surface area contributed by atoms with Gasteiger partial charge in [-0.2, -0.15) is 0 Å². The number of aryl methyl sites for hydroxylation is 1. The van der Waals surface area contributed by atoms with Crippen LogP contribution in [0.4, 0.5) is 5.69 Å². The van der Waals surface area contributed by atoms with E-state index in [-0.39, 0.29) is 29.9 Å². The molecule has 0 spiro atoms. The predicted molar refractivity (Wildman–Crippen MR) is 103 cm³/mol. The number of nitrogens with two attached hydrogens (primary N) is 1. The van der Waals surface area contributed by atoms with Crippen molar-refractivity contribution >= 4 is 29.9 Å². The summed E-state index contributed by atoms with van der Waals surface area (Å²) in [5, 5.41) is 10.9. The van der Waals surface area contributed by atoms with Gasteiger partial charge in [0.25, 0.3) is 11.6 Å². The summed E-state index contributed by atoms with van der Waals surface area (Å²) in [6.07, 6.45) is 2.34. The van der Waals surface area contributed by atoms with Crippen molar-refractivity contribution < 1.29 is 14.5 Å². The van der Waals surface area contributed by atoms with E-state index in [2.05, 4.69) is 0 Å². The minimum atomic E-state index is -0.465. The Kier molecular flexibility index (Phi) is 6.78. The van der Waals surface area contributed by atoms with E-state index < -0.39 is 11.0 Å². The van der Waals surface area contributed by atoms with Crippen LogP contribution in [0.1, 0.15) is 35.2 Å². The van der Waals surface area contributed by atoms with Gasteiger partial charge in [0.05, 0.1) is 4.92 Å². The number of hydrogen-bond donors (Lipinski definition) is 1. The summed E-state index contributed by atoms with van der Waals surface area (Å²) in [4.78, 5) is 39.7. The Bertz CT molecular complexity index is 742. The largest absolute Gasteiger partial charge is 0.341 e. The second-order valence-electron chi connectivity index (χ2n) is 7.09. The van der Waals surface area contributed by atoms with E-state index in [1.807, 2.05) is 4.90 Å². The highest BCUT2D eigenvalue weighted by Crippen LogP contribution is 2.26. The molecule has 27 heavy (non-hydrogen) atoms. The van der Waals surface area contributed by atoms with Gasteiger partial charge in [0.1, 0.15) is 6.04 Å². The van der Waals surface area contributed by atoms with Crippen LogP contribution in [0.5, 0.6) is 0 Å². The molecular weight excluding hydrogens is 372 g/mol. The molecule has 2 unspecified atom stereocenters. The summed E-state index contributed by atoms with van der Waals surface area (Å²) >= 11 is 0. The average Bonchev–Trinajstić information content (AvgIpc) is 3.29. The third-order valence-electron chi connectivity index (χ3n) is 5.37. The minimum Gasteiger partial charge on any atom is -0.341 e. The number of nitro benzene ring substituents is 1. The summed E-state index contributed by atoms with van der Waals surface area (Å²) in [6, 6.07) is 3.89. The molecule has 1 aromatic carbocycles. The van der Waals surface area contributed by atoms with Crippen LogP contribution in [-0.2, 0) is 4.79 Å². The lowest BCUT2D eigenvalue weighted by molar-refractivity contribution is -0.385. The van der Waals surface area contributed by atoms with Gasteiger partial charge in [-0.1, -0.05) is 0 Å². The van der Waals surface area contributed by atoms with E-state index in [0.717, 1.165) is 12.8 Å². The molecule has 2 heterocycles. The van der Waals surface area contributed by atoms with Crippen LogP contribution in [0, 0.1) is 23.0 Å². The van der Waals surface area contributed by atoms with E-state index in [0.29, 0.717) is 49.6 Å². The Labute approximate surface area is 164 Å². The van der Waals surface area contributed by atoms with Gasteiger partial charge in [-0.25, -0.2) is 0 Å². The topological polar surface area (TPSA) is 110 Å². The second-order valence-corrected chi connectivity index (χ2v) is 7.09. The van der Waals surface area contributed by atoms with Gasteiger partial charge in [0.15, 0.2) is 0 Å². The maximum atomic E-state index is 12.9. The molecule has 0 aliphatic carbocycles. The maximum Gasteiger partial charge on any atom is 0.272 e. The Balaban J connectivity index is 0.00000261. The number of carbonyl (C=O) groups is 2.